The van der Waals surface area contributed by atoms with Crippen molar-refractivity contribution in [2.45, 2.75) is 36.9 Å². The molecule has 1 saturated heterocycles. The first kappa shape index (κ1) is 22.1. The van der Waals surface area contributed by atoms with E-state index in [1.807, 2.05) is 79.7 Å². The minimum atomic E-state index is -1.11. The van der Waals surface area contributed by atoms with E-state index >= 15 is 0 Å². The van der Waals surface area contributed by atoms with Crippen LogP contribution < -0.4 is 4.90 Å². The minimum Gasteiger partial charge on any atom is -0.310 e. The number of fused-ring (bicyclic) bond motifs is 2. The highest BCUT2D eigenvalue weighted by Crippen LogP contribution is 2.60. The normalized spacial score (nSPS) is 21.0. The molecule has 5 rings (SSSR count). The summed E-state index contributed by atoms with van der Waals surface area (Å²) in [5, 5.41) is 0.621. The number of carbonyl (C=O) groups is 2. The van der Waals surface area contributed by atoms with Crippen LogP contribution in [0.1, 0.15) is 40.9 Å². The van der Waals surface area contributed by atoms with Crippen LogP contribution in [-0.2, 0) is 16.2 Å². The van der Waals surface area contributed by atoms with Crippen molar-refractivity contribution in [1.82, 2.24) is 4.90 Å². The number of nitrogens with zero attached hydrogens (tertiary/aromatic N) is 2. The highest BCUT2D eigenvalue weighted by atomic mass is 35.5. The molecule has 2 amide bonds. The molecule has 1 fully saturated rings. The zero-order valence-electron chi connectivity index (χ0n) is 18.8. The molecule has 0 N–H and O–H groups in total. The Morgan fingerprint density at radius 2 is 1.67 bits per heavy atom. The Morgan fingerprint density at radius 3 is 2.39 bits per heavy atom. The lowest BCUT2D eigenvalue weighted by Crippen LogP contribution is -2.50. The largest absolute Gasteiger partial charge is 0.310 e. The molecule has 2 aliphatic heterocycles. The fourth-order valence-corrected chi connectivity index (χ4v) is 6.69. The van der Waals surface area contributed by atoms with Gasteiger partial charge >= 0.3 is 0 Å². The van der Waals surface area contributed by atoms with Crippen molar-refractivity contribution in [2.24, 2.45) is 0 Å². The van der Waals surface area contributed by atoms with Crippen molar-refractivity contribution in [3.63, 3.8) is 0 Å². The summed E-state index contributed by atoms with van der Waals surface area (Å²) in [6, 6.07) is 22.9. The van der Waals surface area contributed by atoms with E-state index < -0.39 is 4.87 Å². The van der Waals surface area contributed by atoms with Gasteiger partial charge in [-0.2, -0.15) is 0 Å². The van der Waals surface area contributed by atoms with Crippen LogP contribution in [0.5, 0.6) is 0 Å². The van der Waals surface area contributed by atoms with Crippen molar-refractivity contribution in [3.8, 4) is 0 Å². The maximum absolute atomic E-state index is 14.3. The molecule has 6 heteroatoms. The standard InChI is InChI=1S/C27H25ClN2O2S/c1-18-12-14-19(15-13-18)24(31)30-17-26(2,3)33-27(30)21-9-5-7-11-23(21)29(25(27)32)16-20-8-4-6-10-22(20)28/h4-15H,16-17H2,1-3H3. The Bertz CT molecular complexity index is 1260. The number of anilines is 1. The van der Waals surface area contributed by atoms with Crippen LogP contribution in [0.15, 0.2) is 72.8 Å². The molecule has 0 saturated carbocycles. The molecule has 3 aromatic carbocycles. The average Bonchev–Trinajstić information content (AvgIpc) is 3.21. The van der Waals surface area contributed by atoms with Gasteiger partial charge in [0, 0.05) is 27.4 Å². The Morgan fingerprint density at radius 1 is 1.00 bits per heavy atom. The van der Waals surface area contributed by atoms with E-state index in [2.05, 4.69) is 13.8 Å². The second-order valence-electron chi connectivity index (χ2n) is 9.26. The lowest BCUT2D eigenvalue weighted by atomic mass is 10.0. The number of para-hydroxylation sites is 1. The molecular formula is C27H25ClN2O2S. The molecule has 0 bridgehead atoms. The molecule has 4 nitrogen and oxygen atoms in total. The van der Waals surface area contributed by atoms with Gasteiger partial charge in [-0.15, -0.1) is 11.8 Å². The van der Waals surface area contributed by atoms with Gasteiger partial charge in [-0.05, 0) is 50.6 Å². The van der Waals surface area contributed by atoms with Crippen molar-refractivity contribution >= 4 is 40.9 Å². The van der Waals surface area contributed by atoms with Crippen molar-refractivity contribution in [1.29, 1.82) is 0 Å². The fraction of sp³-hybridized carbons (Fsp3) is 0.259. The quantitative estimate of drug-likeness (QED) is 0.464. The van der Waals surface area contributed by atoms with Crippen LogP contribution in [-0.4, -0.2) is 28.0 Å². The molecule has 33 heavy (non-hydrogen) atoms. The van der Waals surface area contributed by atoms with Crippen molar-refractivity contribution < 1.29 is 9.59 Å². The Balaban J connectivity index is 1.63. The summed E-state index contributed by atoms with van der Waals surface area (Å²) in [6.07, 6.45) is 0. The predicted molar refractivity (Wildman–Crippen MR) is 135 cm³/mol. The van der Waals surface area contributed by atoms with Crippen molar-refractivity contribution in [2.75, 3.05) is 11.4 Å². The maximum Gasteiger partial charge on any atom is 0.268 e. The third-order valence-electron chi connectivity index (χ3n) is 6.27. The monoisotopic (exact) mass is 476 g/mol. The van der Waals surface area contributed by atoms with Gasteiger partial charge in [0.15, 0.2) is 4.87 Å². The first-order valence-corrected chi connectivity index (χ1v) is 12.2. The number of hydrogen-bond donors (Lipinski definition) is 0. The fourth-order valence-electron chi connectivity index (χ4n) is 4.76. The van der Waals surface area contributed by atoms with E-state index in [0.29, 0.717) is 23.7 Å². The van der Waals surface area contributed by atoms with Crippen LogP contribution >= 0.6 is 23.4 Å². The van der Waals surface area contributed by atoms with E-state index in [1.165, 1.54) is 0 Å². The second-order valence-corrected chi connectivity index (χ2v) is 11.6. The molecule has 0 aliphatic carbocycles. The van der Waals surface area contributed by atoms with Crippen LogP contribution in [0.3, 0.4) is 0 Å². The topological polar surface area (TPSA) is 40.6 Å². The number of amides is 2. The first-order valence-electron chi connectivity index (χ1n) is 11.0. The predicted octanol–water partition coefficient (Wildman–Crippen LogP) is 6.02. The highest BCUT2D eigenvalue weighted by molar-refractivity contribution is 8.02. The van der Waals surface area contributed by atoms with Gasteiger partial charge in [-0.3, -0.25) is 9.59 Å². The summed E-state index contributed by atoms with van der Waals surface area (Å²) >= 11 is 8.00. The molecule has 1 atom stereocenters. The molecule has 3 aromatic rings. The first-order chi connectivity index (χ1) is 15.7. The number of aryl methyl sites for hydroxylation is 1. The summed E-state index contributed by atoms with van der Waals surface area (Å²) in [5.41, 5.74) is 4.24. The SMILES string of the molecule is Cc1ccc(C(=O)N2CC(C)(C)SC23C(=O)N(Cc2ccccc2Cl)c2ccccc23)cc1. The number of carbonyl (C=O) groups excluding carboxylic acids is 2. The third-order valence-corrected chi connectivity index (χ3v) is 8.23. The summed E-state index contributed by atoms with van der Waals surface area (Å²) in [4.78, 5) is 30.5. The van der Waals surface area contributed by atoms with Gasteiger partial charge < -0.3 is 9.80 Å². The van der Waals surface area contributed by atoms with Crippen LogP contribution in [0.2, 0.25) is 5.02 Å². The van der Waals surface area contributed by atoms with E-state index in [4.69, 9.17) is 11.6 Å². The number of thioether (sulfide) groups is 1. The summed E-state index contributed by atoms with van der Waals surface area (Å²) in [6.45, 7) is 7.01. The van der Waals surface area contributed by atoms with Crippen molar-refractivity contribution in [3.05, 3.63) is 100 Å². The lowest BCUT2D eigenvalue weighted by Gasteiger charge is -2.33. The van der Waals surface area contributed by atoms with Gasteiger partial charge in [0.1, 0.15) is 0 Å². The molecule has 2 aliphatic rings. The van der Waals surface area contributed by atoms with E-state index in [0.717, 1.165) is 22.4 Å². The number of hydrogen-bond acceptors (Lipinski definition) is 3. The minimum absolute atomic E-state index is 0.0975. The zero-order valence-corrected chi connectivity index (χ0v) is 20.4. The van der Waals surface area contributed by atoms with Gasteiger partial charge in [-0.25, -0.2) is 0 Å². The smallest absolute Gasteiger partial charge is 0.268 e. The summed E-state index contributed by atoms with van der Waals surface area (Å²) < 4.78 is -0.288. The number of benzene rings is 3. The van der Waals surface area contributed by atoms with Crippen LogP contribution in [0.4, 0.5) is 5.69 Å². The van der Waals surface area contributed by atoms with Crippen LogP contribution in [0, 0.1) is 6.92 Å². The van der Waals surface area contributed by atoms with Gasteiger partial charge in [0.05, 0.1) is 12.2 Å². The zero-order chi connectivity index (χ0) is 23.4. The maximum atomic E-state index is 14.3. The van der Waals surface area contributed by atoms with Gasteiger partial charge in [0.2, 0.25) is 0 Å². The van der Waals surface area contributed by atoms with E-state index in [9.17, 15) is 9.59 Å². The highest BCUT2D eigenvalue weighted by Gasteiger charge is 2.63. The lowest BCUT2D eigenvalue weighted by molar-refractivity contribution is -0.123. The van der Waals surface area contributed by atoms with E-state index in [-0.39, 0.29) is 16.6 Å². The number of rotatable bonds is 3. The molecular weight excluding hydrogens is 452 g/mol. The Labute approximate surface area is 203 Å². The Kier molecular flexibility index (Phi) is 5.30. The molecule has 0 aromatic heterocycles. The second kappa shape index (κ2) is 7.93. The van der Waals surface area contributed by atoms with Crippen LogP contribution in [0.25, 0.3) is 0 Å². The van der Waals surface area contributed by atoms with E-state index in [1.54, 1.807) is 21.6 Å². The number of halogens is 1. The summed E-state index contributed by atoms with van der Waals surface area (Å²) in [5.74, 6) is -0.226. The van der Waals surface area contributed by atoms with Gasteiger partial charge in [0.25, 0.3) is 11.8 Å². The molecule has 168 valence electrons. The third kappa shape index (κ3) is 3.54. The summed E-state index contributed by atoms with van der Waals surface area (Å²) in [7, 11) is 0. The average molecular weight is 477 g/mol. The van der Waals surface area contributed by atoms with Gasteiger partial charge in [-0.1, -0.05) is 65.7 Å². The molecule has 1 unspecified atom stereocenters. The molecule has 0 radical (unpaired) electrons. The Hall–Kier alpha value is -2.76. The molecule has 1 spiro atoms. The molecule has 2 heterocycles.